The molecule has 0 aromatic heterocycles. The number of aliphatic imine (C=N–C) groups is 1. The van der Waals surface area contributed by atoms with Gasteiger partial charge in [0.25, 0.3) is 0 Å². The quantitative estimate of drug-likeness (QED) is 0.628. The number of carbonyl (C=O) groups excluding carboxylic acids is 1. The van der Waals surface area contributed by atoms with Gasteiger partial charge in [-0.1, -0.05) is 30.0 Å². The lowest BCUT2D eigenvalue weighted by Crippen LogP contribution is -2.39. The van der Waals surface area contributed by atoms with Crippen molar-refractivity contribution in [2.75, 3.05) is 32.1 Å². The van der Waals surface area contributed by atoms with Crippen molar-refractivity contribution in [2.45, 2.75) is 6.92 Å². The zero-order valence-corrected chi connectivity index (χ0v) is 11.9. The first kappa shape index (κ1) is 14.1. The lowest BCUT2D eigenvalue weighted by molar-refractivity contribution is -0.114. The van der Waals surface area contributed by atoms with Crippen LogP contribution in [0.25, 0.3) is 0 Å². The number of benzene rings is 1. The van der Waals surface area contributed by atoms with Crippen molar-refractivity contribution in [1.29, 1.82) is 0 Å². The predicted octanol–water partition coefficient (Wildman–Crippen LogP) is 2.33. The van der Waals surface area contributed by atoms with Crippen LogP contribution in [-0.4, -0.2) is 47.9 Å². The predicted molar refractivity (Wildman–Crippen MR) is 79.1 cm³/mol. The van der Waals surface area contributed by atoms with E-state index < -0.39 is 0 Å². The van der Waals surface area contributed by atoms with E-state index >= 15 is 0 Å². The molecule has 4 nitrogen and oxygen atoms in total. The van der Waals surface area contributed by atoms with Gasteiger partial charge in [0.1, 0.15) is 5.78 Å². The minimum absolute atomic E-state index is 0.166. The largest absolute Gasteiger partial charge is 0.378 e. The topological polar surface area (TPSA) is 41.9 Å². The van der Waals surface area contributed by atoms with Crippen molar-refractivity contribution >= 4 is 28.4 Å². The maximum atomic E-state index is 11.2. The summed E-state index contributed by atoms with van der Waals surface area (Å²) in [6.45, 7) is 4.70. The van der Waals surface area contributed by atoms with Crippen LogP contribution in [-0.2, 0) is 9.53 Å². The van der Waals surface area contributed by atoms with Gasteiger partial charge in [0.05, 0.1) is 24.7 Å². The Hall–Kier alpha value is -1.33. The summed E-state index contributed by atoms with van der Waals surface area (Å²) in [5.74, 6) is 0.627. The maximum Gasteiger partial charge on any atom is 0.164 e. The van der Waals surface area contributed by atoms with E-state index in [9.17, 15) is 4.79 Å². The van der Waals surface area contributed by atoms with Crippen molar-refractivity contribution in [3.8, 4) is 0 Å². The minimum Gasteiger partial charge on any atom is -0.378 e. The number of ketones is 1. The van der Waals surface area contributed by atoms with E-state index in [0.29, 0.717) is 19.0 Å². The van der Waals surface area contributed by atoms with Gasteiger partial charge in [0.2, 0.25) is 0 Å². The number of Topliss-reactive ketones (excluding diaryl/α,β-unsaturated/α-hetero) is 1. The van der Waals surface area contributed by atoms with Crippen molar-refractivity contribution in [1.82, 2.24) is 4.90 Å². The molecule has 0 radical (unpaired) electrons. The molecule has 19 heavy (non-hydrogen) atoms. The summed E-state index contributed by atoms with van der Waals surface area (Å²) in [5.41, 5.74) is 0.917. The molecule has 2 rings (SSSR count). The molecule has 0 aliphatic carbocycles. The number of hydrogen-bond donors (Lipinski definition) is 0. The Bertz CT molecular complexity index is 442. The molecule has 1 aliphatic rings. The number of carbonyl (C=O) groups is 1. The molecule has 102 valence electrons. The van der Waals surface area contributed by atoms with Crippen LogP contribution in [0.15, 0.2) is 35.3 Å². The summed E-state index contributed by atoms with van der Waals surface area (Å²) < 4.78 is 5.35. The third kappa shape index (κ3) is 4.69. The highest BCUT2D eigenvalue weighted by molar-refractivity contribution is 8.14. The molecule has 1 heterocycles. The number of nitrogens with zero attached hydrogens (tertiary/aromatic N) is 2. The summed E-state index contributed by atoms with van der Waals surface area (Å²) in [7, 11) is 0. The Morgan fingerprint density at radius 3 is 2.63 bits per heavy atom. The van der Waals surface area contributed by atoms with Gasteiger partial charge in [-0.25, -0.2) is 4.99 Å². The van der Waals surface area contributed by atoms with Crippen molar-refractivity contribution in [3.63, 3.8) is 0 Å². The fourth-order valence-electron chi connectivity index (χ4n) is 1.73. The summed E-state index contributed by atoms with van der Waals surface area (Å²) in [6, 6.07) is 9.83. The molecular weight excluding hydrogens is 260 g/mol. The highest BCUT2D eigenvalue weighted by Gasteiger charge is 2.16. The summed E-state index contributed by atoms with van der Waals surface area (Å²) >= 11 is 1.50. The second-order valence-electron chi connectivity index (χ2n) is 4.32. The van der Waals surface area contributed by atoms with Gasteiger partial charge in [-0.05, 0) is 19.1 Å². The number of rotatable bonds is 3. The van der Waals surface area contributed by atoms with E-state index in [4.69, 9.17) is 4.74 Å². The molecular formula is C14H18N2O2S. The normalized spacial score (nSPS) is 16.5. The molecule has 1 aromatic rings. The van der Waals surface area contributed by atoms with Crippen molar-refractivity contribution in [2.24, 2.45) is 4.99 Å². The Kier molecular flexibility index (Phi) is 5.42. The molecule has 0 unspecified atom stereocenters. The van der Waals surface area contributed by atoms with Crippen LogP contribution in [0, 0.1) is 0 Å². The smallest absolute Gasteiger partial charge is 0.164 e. The molecule has 1 aromatic carbocycles. The Morgan fingerprint density at radius 1 is 1.32 bits per heavy atom. The number of morpholine rings is 1. The number of para-hydroxylation sites is 1. The number of hydrogen-bond acceptors (Lipinski definition) is 4. The van der Waals surface area contributed by atoms with Gasteiger partial charge < -0.3 is 9.64 Å². The lowest BCUT2D eigenvalue weighted by atomic mass is 10.3. The SMILES string of the molecule is CC(=O)CSC(=Nc1ccccc1)N1CCOCC1. The van der Waals surface area contributed by atoms with E-state index in [1.54, 1.807) is 6.92 Å². The molecule has 0 atom stereocenters. The summed E-state index contributed by atoms with van der Waals surface area (Å²) in [5, 5.41) is 0.907. The molecule has 0 saturated carbocycles. The monoisotopic (exact) mass is 278 g/mol. The second kappa shape index (κ2) is 7.31. The Balaban J connectivity index is 2.12. The fourth-order valence-corrected chi connectivity index (χ4v) is 2.60. The number of thioether (sulfide) groups is 1. The fraction of sp³-hybridized carbons (Fsp3) is 0.429. The first-order valence-electron chi connectivity index (χ1n) is 6.34. The molecule has 5 heteroatoms. The third-order valence-corrected chi connectivity index (χ3v) is 3.83. The zero-order chi connectivity index (χ0) is 13.5. The van der Waals surface area contributed by atoms with Crippen LogP contribution in [0.2, 0.25) is 0 Å². The molecule has 0 bridgehead atoms. The molecule has 0 amide bonds. The average Bonchev–Trinajstić information content (AvgIpc) is 2.45. The van der Waals surface area contributed by atoms with Crippen LogP contribution in [0.5, 0.6) is 0 Å². The van der Waals surface area contributed by atoms with Gasteiger partial charge in [0.15, 0.2) is 5.17 Å². The number of amidine groups is 1. The van der Waals surface area contributed by atoms with Gasteiger partial charge >= 0.3 is 0 Å². The summed E-state index contributed by atoms with van der Waals surface area (Å²) in [4.78, 5) is 18.0. The highest BCUT2D eigenvalue weighted by Crippen LogP contribution is 2.18. The van der Waals surface area contributed by atoms with Gasteiger partial charge in [-0.15, -0.1) is 0 Å². The van der Waals surface area contributed by atoms with Crippen LogP contribution in [0.3, 0.4) is 0 Å². The highest BCUT2D eigenvalue weighted by atomic mass is 32.2. The van der Waals surface area contributed by atoms with Crippen LogP contribution in [0.1, 0.15) is 6.92 Å². The first-order chi connectivity index (χ1) is 9.25. The molecule has 1 aliphatic heterocycles. The van der Waals surface area contributed by atoms with E-state index in [0.717, 1.165) is 23.9 Å². The average molecular weight is 278 g/mol. The van der Waals surface area contributed by atoms with E-state index in [1.807, 2.05) is 30.3 Å². The van der Waals surface area contributed by atoms with E-state index in [2.05, 4.69) is 9.89 Å². The van der Waals surface area contributed by atoms with Crippen molar-refractivity contribution < 1.29 is 9.53 Å². The molecule has 1 fully saturated rings. The third-order valence-electron chi connectivity index (χ3n) is 2.67. The Morgan fingerprint density at radius 2 is 2.00 bits per heavy atom. The van der Waals surface area contributed by atoms with Crippen LogP contribution >= 0.6 is 11.8 Å². The summed E-state index contributed by atoms with van der Waals surface area (Å²) in [6.07, 6.45) is 0. The van der Waals surface area contributed by atoms with E-state index in [1.165, 1.54) is 11.8 Å². The maximum absolute atomic E-state index is 11.2. The van der Waals surface area contributed by atoms with Gasteiger partial charge in [0, 0.05) is 13.1 Å². The standard InChI is InChI=1S/C14H18N2O2S/c1-12(17)11-19-14(16-7-9-18-10-8-16)15-13-5-3-2-4-6-13/h2-6H,7-11H2,1H3. The van der Waals surface area contributed by atoms with E-state index in [-0.39, 0.29) is 5.78 Å². The second-order valence-corrected chi connectivity index (χ2v) is 5.26. The zero-order valence-electron chi connectivity index (χ0n) is 11.0. The molecule has 0 spiro atoms. The van der Waals surface area contributed by atoms with Crippen LogP contribution in [0.4, 0.5) is 5.69 Å². The lowest BCUT2D eigenvalue weighted by Gasteiger charge is -2.29. The van der Waals surface area contributed by atoms with Crippen molar-refractivity contribution in [3.05, 3.63) is 30.3 Å². The Labute approximate surface area is 117 Å². The molecule has 0 N–H and O–H groups in total. The van der Waals surface area contributed by atoms with Crippen LogP contribution < -0.4 is 0 Å². The number of ether oxygens (including phenoxy) is 1. The first-order valence-corrected chi connectivity index (χ1v) is 7.33. The van der Waals surface area contributed by atoms with Gasteiger partial charge in [-0.2, -0.15) is 0 Å². The minimum atomic E-state index is 0.166. The molecule has 1 saturated heterocycles. The van der Waals surface area contributed by atoms with Gasteiger partial charge in [-0.3, -0.25) is 4.79 Å².